The molecule has 18 heteroatoms. The fraction of sp³-hybridized carbons (Fsp3) is 0.312. The van der Waals surface area contributed by atoms with Gasteiger partial charge in [0.1, 0.15) is 12.9 Å². The van der Waals surface area contributed by atoms with Gasteiger partial charge < -0.3 is 19.9 Å². The van der Waals surface area contributed by atoms with E-state index in [4.69, 9.17) is 11.6 Å². The first-order chi connectivity index (χ1) is 23.7. The molecule has 2 amide bonds. The molecule has 2 N–H and O–H groups in total. The van der Waals surface area contributed by atoms with Gasteiger partial charge in [-0.3, -0.25) is 14.4 Å². The fourth-order valence-electron chi connectivity index (χ4n) is 6.64. The topological polar surface area (TPSA) is 160 Å². The molecular formula is C32H27ClF3N9O4S. The number of anilines is 1. The molecule has 1 aromatic carbocycles. The van der Waals surface area contributed by atoms with Gasteiger partial charge in [0, 0.05) is 18.5 Å². The first-order valence-electron chi connectivity index (χ1n) is 15.3. The summed E-state index contributed by atoms with van der Waals surface area (Å²) in [5.74, 6) is -1.07. The van der Waals surface area contributed by atoms with E-state index in [1.54, 1.807) is 28.8 Å². The van der Waals surface area contributed by atoms with Crippen LogP contribution in [0, 0.1) is 13.8 Å². The van der Waals surface area contributed by atoms with Gasteiger partial charge in [0.2, 0.25) is 11.7 Å². The number of alkyl halides is 3. The Morgan fingerprint density at radius 3 is 2.50 bits per heavy atom. The summed E-state index contributed by atoms with van der Waals surface area (Å²) in [5, 5.41) is 17.3. The minimum Gasteiger partial charge on any atom is -0.504 e. The molecule has 5 aromatic rings. The Morgan fingerprint density at radius 2 is 1.84 bits per heavy atom. The van der Waals surface area contributed by atoms with Crippen molar-refractivity contribution in [2.75, 3.05) is 18.4 Å². The van der Waals surface area contributed by atoms with Crippen LogP contribution >= 0.6 is 22.9 Å². The molecule has 0 saturated carbocycles. The summed E-state index contributed by atoms with van der Waals surface area (Å²) in [6, 6.07) is 2.63. The monoisotopic (exact) mass is 725 g/mol. The maximum Gasteiger partial charge on any atom is 0.416 e. The van der Waals surface area contributed by atoms with E-state index in [-0.39, 0.29) is 59.1 Å². The highest BCUT2D eigenvalue weighted by molar-refractivity contribution is 7.13. The third kappa shape index (κ3) is 5.49. The second kappa shape index (κ2) is 12.0. The van der Waals surface area contributed by atoms with Crippen LogP contribution in [-0.4, -0.2) is 69.0 Å². The molecule has 13 nitrogen and oxygen atoms in total. The van der Waals surface area contributed by atoms with Crippen LogP contribution in [0.25, 0.3) is 22.1 Å². The predicted molar refractivity (Wildman–Crippen MR) is 177 cm³/mol. The second-order valence-electron chi connectivity index (χ2n) is 12.2. The molecule has 0 radical (unpaired) electrons. The molecule has 50 heavy (non-hydrogen) atoms. The maximum atomic E-state index is 14.4. The number of hydrogen-bond donors (Lipinski definition) is 2. The molecule has 4 aromatic heterocycles. The van der Waals surface area contributed by atoms with Gasteiger partial charge in [0.05, 0.1) is 49.3 Å². The van der Waals surface area contributed by atoms with E-state index in [0.29, 0.717) is 40.2 Å². The summed E-state index contributed by atoms with van der Waals surface area (Å²) in [7, 11) is 0. The van der Waals surface area contributed by atoms with Crippen LogP contribution in [0.1, 0.15) is 58.5 Å². The molecule has 5 heterocycles. The van der Waals surface area contributed by atoms with E-state index in [9.17, 15) is 32.7 Å². The first kappa shape index (κ1) is 33.3. The maximum absolute atomic E-state index is 14.4. The highest BCUT2D eigenvalue weighted by atomic mass is 35.5. The van der Waals surface area contributed by atoms with Gasteiger partial charge in [-0.1, -0.05) is 17.7 Å². The van der Waals surface area contributed by atoms with E-state index < -0.39 is 34.5 Å². The highest BCUT2D eigenvalue weighted by Crippen LogP contribution is 2.46. The molecule has 1 saturated heterocycles. The Labute approximate surface area is 290 Å². The van der Waals surface area contributed by atoms with Gasteiger partial charge in [0.25, 0.3) is 11.5 Å². The lowest BCUT2D eigenvalue weighted by atomic mass is 9.75. The number of piperidine rings is 1. The number of aromatic hydroxyl groups is 1. The number of carbonyl (C=O) groups excluding carboxylic acids is 2. The van der Waals surface area contributed by atoms with Gasteiger partial charge >= 0.3 is 6.18 Å². The van der Waals surface area contributed by atoms with Crippen molar-refractivity contribution in [2.24, 2.45) is 0 Å². The number of nitrogens with zero attached hydrogens (tertiary/aromatic N) is 8. The van der Waals surface area contributed by atoms with Crippen molar-refractivity contribution in [3.8, 4) is 16.5 Å². The summed E-state index contributed by atoms with van der Waals surface area (Å²) in [6.07, 6.45) is -0.754. The normalized spacial score (nSPS) is 15.4. The van der Waals surface area contributed by atoms with Crippen molar-refractivity contribution < 1.29 is 27.9 Å². The Kier molecular flexibility index (Phi) is 8.01. The number of aromatic nitrogens is 7. The van der Waals surface area contributed by atoms with Crippen LogP contribution in [0.5, 0.6) is 5.75 Å². The largest absolute Gasteiger partial charge is 0.504 e. The quantitative estimate of drug-likeness (QED) is 0.253. The zero-order valence-corrected chi connectivity index (χ0v) is 28.2. The van der Waals surface area contributed by atoms with Crippen LogP contribution in [0.4, 0.5) is 18.9 Å². The molecule has 0 atom stereocenters. The highest BCUT2D eigenvalue weighted by Gasteiger charge is 2.45. The number of rotatable bonds is 5. The van der Waals surface area contributed by atoms with Gasteiger partial charge in [-0.15, -0.1) is 16.4 Å². The second-order valence-corrected chi connectivity index (χ2v) is 13.5. The van der Waals surface area contributed by atoms with Crippen molar-refractivity contribution in [1.82, 2.24) is 39.0 Å². The average molecular weight is 726 g/mol. The predicted octanol–water partition coefficient (Wildman–Crippen LogP) is 5.03. The Morgan fingerprint density at radius 1 is 1.10 bits per heavy atom. The lowest BCUT2D eigenvalue weighted by molar-refractivity contribution is -0.137. The molecular weight excluding hydrogens is 699 g/mol. The summed E-state index contributed by atoms with van der Waals surface area (Å²) in [6.45, 7) is 5.24. The lowest BCUT2D eigenvalue weighted by Gasteiger charge is -2.38. The Bertz CT molecular complexity index is 2320. The number of likely N-dealkylation sites (tertiary alicyclic amines) is 1. The number of nitrogens with one attached hydrogen (secondary N) is 1. The van der Waals surface area contributed by atoms with Crippen LogP contribution in [0.2, 0.25) is 5.02 Å². The van der Waals surface area contributed by atoms with E-state index in [1.807, 2.05) is 13.0 Å². The third-order valence-electron chi connectivity index (χ3n) is 9.08. The number of thiazole rings is 1. The number of carbonyl (C=O) groups is 2. The van der Waals surface area contributed by atoms with Gasteiger partial charge in [-0.25, -0.2) is 15.0 Å². The number of benzene rings is 1. The van der Waals surface area contributed by atoms with Crippen LogP contribution in [-0.2, 0) is 22.9 Å². The standard InChI is InChI=1S/C32H27ClF3N9O4S/c1-15-11-31(6-8-43(9-7-31)29(49)23-25(47)16(2)37-13-38-23)22-24(15)44(12-21(46)40-20-5-4-18(10-19(20)33)32(34,35)36)30-41-27(42-45(30)28(22)48)26-17(3)39-14-50-26/h4-5,10-11,13-14,47H,6-9,12H2,1-3H3,(H,40,46). The number of fused-ring (bicyclic) bond motifs is 3. The van der Waals surface area contributed by atoms with Gasteiger partial charge in [-0.2, -0.15) is 22.7 Å². The Hall–Kier alpha value is -5.16. The van der Waals surface area contributed by atoms with Crippen LogP contribution in [0.3, 0.4) is 0 Å². The molecule has 0 unspecified atom stereocenters. The number of halogens is 4. The summed E-state index contributed by atoms with van der Waals surface area (Å²) >= 11 is 7.42. The minimum atomic E-state index is -4.62. The lowest BCUT2D eigenvalue weighted by Crippen LogP contribution is -2.46. The van der Waals surface area contributed by atoms with E-state index >= 15 is 0 Å². The number of allylic oxidation sites excluding steroid dienone is 2. The molecule has 7 rings (SSSR count). The molecule has 1 fully saturated rings. The van der Waals surface area contributed by atoms with Crippen molar-refractivity contribution in [3.63, 3.8) is 0 Å². The third-order valence-corrected chi connectivity index (χ3v) is 10.3. The van der Waals surface area contributed by atoms with E-state index in [2.05, 4.69) is 30.4 Å². The van der Waals surface area contributed by atoms with Crippen molar-refractivity contribution in [2.45, 2.75) is 51.7 Å². The summed E-state index contributed by atoms with van der Waals surface area (Å²) in [4.78, 5) is 60.3. The Balaban J connectivity index is 1.28. The smallest absolute Gasteiger partial charge is 0.416 e. The fourth-order valence-corrected chi connectivity index (χ4v) is 7.59. The molecule has 2 aliphatic rings. The van der Waals surface area contributed by atoms with Crippen molar-refractivity contribution in [3.05, 3.63) is 85.4 Å². The molecule has 0 bridgehead atoms. The molecule has 258 valence electrons. The van der Waals surface area contributed by atoms with E-state index in [0.717, 1.165) is 22.7 Å². The van der Waals surface area contributed by atoms with Crippen molar-refractivity contribution >= 4 is 51.8 Å². The zero-order valence-electron chi connectivity index (χ0n) is 26.7. The van der Waals surface area contributed by atoms with Gasteiger partial charge in [-0.05, 0) is 57.4 Å². The van der Waals surface area contributed by atoms with E-state index in [1.165, 1.54) is 17.7 Å². The number of amides is 2. The molecule has 1 aliphatic heterocycles. The number of aryl methyl sites for hydroxylation is 2. The summed E-state index contributed by atoms with van der Waals surface area (Å²) in [5.41, 5.74) is 1.74. The van der Waals surface area contributed by atoms with Gasteiger partial charge in [0.15, 0.2) is 17.3 Å². The van der Waals surface area contributed by atoms with Crippen LogP contribution in [0.15, 0.2) is 40.9 Å². The summed E-state index contributed by atoms with van der Waals surface area (Å²) < 4.78 is 42.3. The van der Waals surface area contributed by atoms with Crippen LogP contribution < -0.4 is 10.9 Å². The molecule has 1 aliphatic carbocycles. The average Bonchev–Trinajstić information content (AvgIpc) is 3.77. The zero-order chi connectivity index (χ0) is 35.7. The first-order valence-corrected chi connectivity index (χ1v) is 16.5. The SMILES string of the molecule is CC1=CC2(CCN(C(=O)c3ncnc(C)c3O)CC2)c2c1n(CC(=O)Nc1ccc(C(F)(F)F)cc1Cl)c1nc(-c3scnc3C)nn1c2=O. The van der Waals surface area contributed by atoms with Crippen molar-refractivity contribution in [1.29, 1.82) is 0 Å². The molecule has 1 spiro atoms. The minimum absolute atomic E-state index is 0.0218. The number of hydrogen-bond acceptors (Lipinski definition) is 10.